The Labute approximate surface area is 196 Å². The molecule has 5 rings (SSSR count). The number of carbonyl (C=O) groups excluding carboxylic acids is 1. The number of hydrogen-bond donors (Lipinski definition) is 3. The average Bonchev–Trinajstić information content (AvgIpc) is 2.87. The Morgan fingerprint density at radius 3 is 2.50 bits per heavy atom. The summed E-state index contributed by atoms with van der Waals surface area (Å²) in [6.07, 6.45) is 5.77. The molecule has 0 bridgehead atoms. The standard InChI is InChI=1S/C27H24N6O/c28-14-17-2-4-25-22(9-17)11-19(16-32-25)12-23-13-21(6-7-30-23)27(34)33-15-18-1-3-24-20(10-18)5-8-31-26(24)29/h1-11,13,16H,12,14-15,28H2,(H2,29,31)(H,33,34). The molecule has 0 aliphatic rings. The monoisotopic (exact) mass is 448 g/mol. The Hall–Kier alpha value is -4.36. The Kier molecular flexibility index (Phi) is 5.84. The van der Waals surface area contributed by atoms with Crippen molar-refractivity contribution in [1.82, 2.24) is 20.3 Å². The fourth-order valence-electron chi connectivity index (χ4n) is 4.02. The second-order valence-electron chi connectivity index (χ2n) is 8.22. The molecule has 0 fully saturated rings. The van der Waals surface area contributed by atoms with Crippen LogP contribution in [0.15, 0.2) is 79.3 Å². The lowest BCUT2D eigenvalue weighted by molar-refractivity contribution is 0.0950. The van der Waals surface area contributed by atoms with E-state index in [2.05, 4.69) is 32.4 Å². The van der Waals surface area contributed by atoms with Gasteiger partial charge in [0, 0.05) is 60.1 Å². The Morgan fingerprint density at radius 2 is 1.62 bits per heavy atom. The Morgan fingerprint density at radius 1 is 0.824 bits per heavy atom. The SMILES string of the molecule is NCc1ccc2ncc(Cc3cc(C(=O)NCc4ccc5c(N)nccc5c4)ccn3)cc2c1. The summed E-state index contributed by atoms with van der Waals surface area (Å²) in [6, 6.07) is 19.5. The van der Waals surface area contributed by atoms with Crippen LogP contribution in [0.3, 0.4) is 0 Å². The first kappa shape index (κ1) is 21.5. The van der Waals surface area contributed by atoms with Crippen LogP contribution in [0.25, 0.3) is 21.7 Å². The van der Waals surface area contributed by atoms with Crippen molar-refractivity contribution < 1.29 is 4.79 Å². The second kappa shape index (κ2) is 9.25. The number of anilines is 1. The molecular weight excluding hydrogens is 424 g/mol. The maximum absolute atomic E-state index is 12.8. The maximum Gasteiger partial charge on any atom is 0.251 e. The first-order valence-corrected chi connectivity index (χ1v) is 11.0. The molecule has 7 nitrogen and oxygen atoms in total. The first-order valence-electron chi connectivity index (χ1n) is 11.0. The molecule has 0 radical (unpaired) electrons. The van der Waals surface area contributed by atoms with Crippen molar-refractivity contribution in [3.63, 3.8) is 0 Å². The van der Waals surface area contributed by atoms with Crippen molar-refractivity contribution in [3.05, 3.63) is 107 Å². The number of nitrogens with zero attached hydrogens (tertiary/aromatic N) is 3. The zero-order chi connectivity index (χ0) is 23.5. The average molecular weight is 449 g/mol. The second-order valence-corrected chi connectivity index (χ2v) is 8.22. The molecule has 0 atom stereocenters. The highest BCUT2D eigenvalue weighted by atomic mass is 16.1. The van der Waals surface area contributed by atoms with Gasteiger partial charge in [-0.25, -0.2) is 4.98 Å². The van der Waals surface area contributed by atoms with Gasteiger partial charge < -0.3 is 16.8 Å². The van der Waals surface area contributed by atoms with Gasteiger partial charge in [0.25, 0.3) is 5.91 Å². The van der Waals surface area contributed by atoms with E-state index in [1.807, 2.05) is 48.7 Å². The lowest BCUT2D eigenvalue weighted by Crippen LogP contribution is -2.23. The molecule has 2 aromatic carbocycles. The zero-order valence-corrected chi connectivity index (χ0v) is 18.5. The maximum atomic E-state index is 12.8. The highest BCUT2D eigenvalue weighted by molar-refractivity contribution is 5.94. The van der Waals surface area contributed by atoms with E-state index in [4.69, 9.17) is 11.5 Å². The number of amides is 1. The summed E-state index contributed by atoms with van der Waals surface area (Å²) in [5.41, 5.74) is 17.1. The topological polar surface area (TPSA) is 120 Å². The minimum atomic E-state index is -0.151. The molecule has 0 spiro atoms. The van der Waals surface area contributed by atoms with Gasteiger partial charge in [-0.3, -0.25) is 14.8 Å². The summed E-state index contributed by atoms with van der Waals surface area (Å²) in [5.74, 6) is 0.348. The van der Waals surface area contributed by atoms with Crippen molar-refractivity contribution in [2.45, 2.75) is 19.5 Å². The smallest absolute Gasteiger partial charge is 0.251 e. The van der Waals surface area contributed by atoms with Crippen LogP contribution in [0.1, 0.15) is 32.7 Å². The van der Waals surface area contributed by atoms with Gasteiger partial charge >= 0.3 is 0 Å². The number of rotatable bonds is 6. The number of nitrogens with two attached hydrogens (primary N) is 2. The van der Waals surface area contributed by atoms with E-state index >= 15 is 0 Å². The van der Waals surface area contributed by atoms with Crippen LogP contribution in [-0.4, -0.2) is 20.9 Å². The predicted octanol–water partition coefficient (Wildman–Crippen LogP) is 3.74. The van der Waals surface area contributed by atoms with Crippen molar-refractivity contribution in [1.29, 1.82) is 0 Å². The number of carbonyl (C=O) groups is 1. The molecule has 1 amide bonds. The van der Waals surface area contributed by atoms with Crippen molar-refractivity contribution in [2.24, 2.45) is 5.73 Å². The third-order valence-corrected chi connectivity index (χ3v) is 5.81. The molecule has 0 aliphatic carbocycles. The number of benzene rings is 2. The molecule has 3 aromatic heterocycles. The number of hydrogen-bond acceptors (Lipinski definition) is 6. The molecule has 0 aliphatic heterocycles. The molecule has 7 heteroatoms. The summed E-state index contributed by atoms with van der Waals surface area (Å²) in [6.45, 7) is 0.899. The summed E-state index contributed by atoms with van der Waals surface area (Å²) in [7, 11) is 0. The lowest BCUT2D eigenvalue weighted by Gasteiger charge is -2.09. The van der Waals surface area contributed by atoms with Crippen LogP contribution in [-0.2, 0) is 19.5 Å². The van der Waals surface area contributed by atoms with E-state index in [-0.39, 0.29) is 5.91 Å². The normalized spacial score (nSPS) is 11.1. The fourth-order valence-corrected chi connectivity index (χ4v) is 4.02. The van der Waals surface area contributed by atoms with Crippen LogP contribution in [0.4, 0.5) is 5.82 Å². The summed E-state index contributed by atoms with van der Waals surface area (Å²) in [4.78, 5) is 25.9. The van der Waals surface area contributed by atoms with Crippen molar-refractivity contribution in [2.75, 3.05) is 5.73 Å². The van der Waals surface area contributed by atoms with Gasteiger partial charge in [0.15, 0.2) is 0 Å². The lowest BCUT2D eigenvalue weighted by atomic mass is 10.1. The van der Waals surface area contributed by atoms with Gasteiger partial charge in [0.05, 0.1) is 5.52 Å². The number of aromatic nitrogens is 3. The number of nitrogen functional groups attached to an aromatic ring is 1. The first-order chi connectivity index (χ1) is 16.6. The third kappa shape index (κ3) is 4.55. The minimum Gasteiger partial charge on any atom is -0.383 e. The van der Waals surface area contributed by atoms with Crippen LogP contribution >= 0.6 is 0 Å². The summed E-state index contributed by atoms with van der Waals surface area (Å²) >= 11 is 0. The Balaban J connectivity index is 1.29. The van der Waals surface area contributed by atoms with E-state index in [9.17, 15) is 4.79 Å². The third-order valence-electron chi connectivity index (χ3n) is 5.81. The van der Waals surface area contributed by atoms with Crippen LogP contribution in [0, 0.1) is 0 Å². The summed E-state index contributed by atoms with van der Waals surface area (Å²) < 4.78 is 0. The van der Waals surface area contributed by atoms with E-state index in [1.54, 1.807) is 18.5 Å². The Bertz CT molecular complexity index is 1510. The van der Waals surface area contributed by atoms with Gasteiger partial charge in [-0.1, -0.05) is 18.2 Å². The number of fused-ring (bicyclic) bond motifs is 2. The molecule has 0 unspecified atom stereocenters. The number of nitrogens with one attached hydrogen (secondary N) is 1. The van der Waals surface area contributed by atoms with Gasteiger partial charge in [0.2, 0.25) is 0 Å². The van der Waals surface area contributed by atoms with Crippen molar-refractivity contribution in [3.8, 4) is 0 Å². The molecule has 0 saturated heterocycles. The van der Waals surface area contributed by atoms with E-state index < -0.39 is 0 Å². The molecule has 0 saturated carbocycles. The van der Waals surface area contributed by atoms with Crippen LogP contribution in [0.5, 0.6) is 0 Å². The van der Waals surface area contributed by atoms with E-state index in [0.717, 1.165) is 44.1 Å². The molecule has 168 valence electrons. The highest BCUT2D eigenvalue weighted by Gasteiger charge is 2.09. The highest BCUT2D eigenvalue weighted by Crippen LogP contribution is 2.20. The van der Waals surface area contributed by atoms with Crippen molar-refractivity contribution >= 4 is 33.4 Å². The number of pyridine rings is 3. The molecule has 3 heterocycles. The van der Waals surface area contributed by atoms with Gasteiger partial charge in [-0.05, 0) is 64.5 Å². The largest absolute Gasteiger partial charge is 0.383 e. The molecule has 5 N–H and O–H groups in total. The minimum absolute atomic E-state index is 0.151. The molecular formula is C27H24N6O. The van der Waals surface area contributed by atoms with Crippen LogP contribution < -0.4 is 16.8 Å². The van der Waals surface area contributed by atoms with Gasteiger partial charge in [0.1, 0.15) is 5.82 Å². The van der Waals surface area contributed by atoms with Gasteiger partial charge in [-0.15, -0.1) is 0 Å². The van der Waals surface area contributed by atoms with E-state index in [1.165, 1.54) is 0 Å². The predicted molar refractivity (Wildman–Crippen MR) is 134 cm³/mol. The van der Waals surface area contributed by atoms with E-state index in [0.29, 0.717) is 30.9 Å². The fraction of sp³-hybridized carbons (Fsp3) is 0.111. The quantitative estimate of drug-likeness (QED) is 0.364. The van der Waals surface area contributed by atoms with Gasteiger partial charge in [-0.2, -0.15) is 0 Å². The zero-order valence-electron chi connectivity index (χ0n) is 18.5. The molecule has 5 aromatic rings. The van der Waals surface area contributed by atoms with Crippen LogP contribution in [0.2, 0.25) is 0 Å². The molecule has 34 heavy (non-hydrogen) atoms. The summed E-state index contributed by atoms with van der Waals surface area (Å²) in [5, 5.41) is 5.92.